The number of hydrogen-bond acceptors (Lipinski definition) is 25. The Labute approximate surface area is 758 Å². The smallest absolute Gasteiger partial charge is 0.272 e. The molecule has 0 bridgehead atoms. The van der Waals surface area contributed by atoms with Crippen LogP contribution < -0.4 is 45.9 Å². The van der Waals surface area contributed by atoms with E-state index >= 15 is 0 Å². The summed E-state index contributed by atoms with van der Waals surface area (Å²) in [5.41, 5.74) is 14.7. The van der Waals surface area contributed by atoms with E-state index in [4.69, 9.17) is 29.4 Å². The second-order valence-corrected chi connectivity index (χ2v) is 39.6. The number of benzene rings is 5. The van der Waals surface area contributed by atoms with Crippen LogP contribution in [-0.4, -0.2) is 214 Å². The van der Waals surface area contributed by atoms with Crippen molar-refractivity contribution in [2.75, 3.05) is 47.7 Å². The third-order valence-corrected chi connectivity index (χ3v) is 27.9. The fourth-order valence-corrected chi connectivity index (χ4v) is 22.1. The van der Waals surface area contributed by atoms with Gasteiger partial charge in [0.25, 0.3) is 23.6 Å². The summed E-state index contributed by atoms with van der Waals surface area (Å²) in [7, 11) is -7.64. The van der Waals surface area contributed by atoms with Gasteiger partial charge < -0.3 is 50.7 Å². The summed E-state index contributed by atoms with van der Waals surface area (Å²) in [6.45, 7) is 13.5. The molecule has 4 saturated heterocycles. The van der Waals surface area contributed by atoms with Crippen LogP contribution in [0.4, 0.5) is 26.3 Å². The zero-order valence-corrected chi connectivity index (χ0v) is 75.4. The van der Waals surface area contributed by atoms with Gasteiger partial charge in [-0.1, -0.05) is 48.5 Å². The molecule has 4 fully saturated rings. The fraction of sp³-hybridized carbons (Fsp3) is 0.308. The number of nitrogens with two attached hydrogens (primary N) is 1. The number of halogens is 6. The van der Waals surface area contributed by atoms with Crippen molar-refractivity contribution in [3.8, 4) is 79.4 Å². The molecule has 5 aromatic carbocycles. The third kappa shape index (κ3) is 21.8. The predicted molar refractivity (Wildman–Crippen MR) is 482 cm³/mol. The van der Waals surface area contributed by atoms with Crippen LogP contribution in [0.1, 0.15) is 103 Å². The van der Waals surface area contributed by atoms with Crippen molar-refractivity contribution >= 4 is 97.4 Å². The Morgan fingerprint density at radius 2 is 0.925 bits per heavy atom. The van der Waals surface area contributed by atoms with Crippen molar-refractivity contribution in [2.45, 2.75) is 122 Å². The number of nitrogens with one attached hydrogen (secondary N) is 4. The van der Waals surface area contributed by atoms with Gasteiger partial charge >= 0.3 is 0 Å². The number of fused-ring (bicyclic) bond motifs is 4. The summed E-state index contributed by atoms with van der Waals surface area (Å²) in [5, 5.41) is 20.3. The molecule has 0 radical (unpaired) electrons. The van der Waals surface area contributed by atoms with E-state index in [2.05, 4.69) is 66.4 Å². The molecule has 13 heterocycles. The first-order valence-corrected chi connectivity index (χ1v) is 47.2. The van der Waals surface area contributed by atoms with E-state index in [0.29, 0.717) is 161 Å². The van der Waals surface area contributed by atoms with Gasteiger partial charge in [0.05, 0.1) is 134 Å². The van der Waals surface area contributed by atoms with Crippen LogP contribution in [0.25, 0.3) is 101 Å². The number of carbonyl (C=O) groups is 4. The van der Waals surface area contributed by atoms with Crippen molar-refractivity contribution in [3.05, 3.63) is 223 Å². The van der Waals surface area contributed by atoms with E-state index in [1.807, 2.05) is 31.2 Å². The molecule has 7 atom stereocenters. The highest BCUT2D eigenvalue weighted by molar-refractivity contribution is 7.93. The van der Waals surface area contributed by atoms with Gasteiger partial charge in [-0.15, -0.1) is 0 Å². The molecular formula is C91H90F6N18O15S3. The minimum absolute atomic E-state index is 0.00868. The first-order chi connectivity index (χ1) is 63.0. The van der Waals surface area contributed by atoms with E-state index < -0.39 is 95.0 Å². The predicted octanol–water partition coefficient (Wildman–Crippen LogP) is 12.0. The molecule has 14 aromatic rings. The van der Waals surface area contributed by atoms with Crippen LogP contribution in [0.3, 0.4) is 0 Å². The van der Waals surface area contributed by atoms with Gasteiger partial charge in [-0.25, -0.2) is 71.5 Å². The average molecular weight is 1890 g/mol. The Morgan fingerprint density at radius 1 is 0.489 bits per heavy atom. The Morgan fingerprint density at radius 3 is 1.41 bits per heavy atom. The van der Waals surface area contributed by atoms with Gasteiger partial charge in [0.1, 0.15) is 62.4 Å². The quantitative estimate of drug-likeness (QED) is 0.0371. The lowest BCUT2D eigenvalue weighted by molar-refractivity contribution is 0.0856. The van der Waals surface area contributed by atoms with Crippen molar-refractivity contribution in [1.82, 2.24) is 84.9 Å². The number of amides is 4. The van der Waals surface area contributed by atoms with Crippen molar-refractivity contribution in [3.63, 3.8) is 0 Å². The second-order valence-electron chi connectivity index (χ2n) is 33.3. The molecule has 0 saturated carbocycles. The molecule has 4 unspecified atom stereocenters. The molecule has 4 aliphatic rings. The molecule has 694 valence electrons. The van der Waals surface area contributed by atoms with E-state index in [-0.39, 0.29) is 70.1 Å². The van der Waals surface area contributed by atoms with Crippen LogP contribution >= 0.6 is 0 Å². The van der Waals surface area contributed by atoms with Gasteiger partial charge in [0, 0.05) is 100 Å². The molecule has 4 amide bonds. The second kappa shape index (κ2) is 37.8. The number of ether oxygens (including phenoxy) is 5. The number of rotatable bonds is 23. The molecule has 133 heavy (non-hydrogen) atoms. The summed E-state index contributed by atoms with van der Waals surface area (Å²) in [5.74, 6) is -1.47. The van der Waals surface area contributed by atoms with Crippen LogP contribution in [0.5, 0.6) is 23.0 Å². The lowest BCUT2D eigenvalue weighted by atomic mass is 10.0. The number of pyridine rings is 3. The van der Waals surface area contributed by atoms with Crippen molar-refractivity contribution < 1.29 is 94.5 Å². The molecule has 18 rings (SSSR count). The van der Waals surface area contributed by atoms with Crippen molar-refractivity contribution in [1.29, 1.82) is 0 Å². The van der Waals surface area contributed by atoms with Crippen LogP contribution in [0.15, 0.2) is 189 Å². The molecule has 6 N–H and O–H groups in total. The van der Waals surface area contributed by atoms with Gasteiger partial charge in [-0.05, 0) is 136 Å². The average Bonchev–Trinajstić information content (AvgIpc) is 1.42. The van der Waals surface area contributed by atoms with Crippen LogP contribution in [-0.2, 0) is 47.8 Å². The highest BCUT2D eigenvalue weighted by Gasteiger charge is 2.47. The number of carbonyl (C=O) groups excluding carboxylic acids is 4. The molecule has 9 aromatic heterocycles. The summed E-state index contributed by atoms with van der Waals surface area (Å²) < 4.78 is 183. The minimum Gasteiger partial charge on any atom is -0.461 e. The van der Waals surface area contributed by atoms with Crippen LogP contribution in [0.2, 0.25) is 0 Å². The Balaban J connectivity index is 0.000000136. The molecule has 4 aliphatic heterocycles. The van der Waals surface area contributed by atoms with E-state index in [9.17, 15) is 70.8 Å². The normalized spacial score (nSPS) is 18.5. The fourth-order valence-electron chi connectivity index (χ4n) is 16.0. The highest BCUT2D eigenvalue weighted by Crippen LogP contribution is 2.39. The monoisotopic (exact) mass is 1880 g/mol. The number of nitrogens with zero attached hydrogens (tertiary/aromatic N) is 13. The number of aromatic nitrogens is 13. The van der Waals surface area contributed by atoms with Gasteiger partial charge in [-0.2, -0.15) is 10.2 Å². The van der Waals surface area contributed by atoms with Gasteiger partial charge in [0.15, 0.2) is 41.0 Å². The Hall–Kier alpha value is -13.8. The number of sulfone groups is 3. The van der Waals surface area contributed by atoms with Gasteiger partial charge in [0.2, 0.25) is 31.4 Å². The topological polar surface area (TPSA) is 427 Å². The molecule has 33 nitrogen and oxygen atoms in total. The standard InChI is InChI=1S/C26H24F2N4O4S.C24H22F2N6O3.C21H23FN4O4S.C20H21FN4O4S/c1-16(27)36-20-5-3-4-17(12-20)21-14-32(19-8-6-18(28)7-9-19)24-23(21)29-13-22(30-24)25(33)31-26(2)10-11-37(34,35)15-26;1-13(25)35-17-4-2-3-14(5-17)18-10-32(24-29-8-16(26)9-30-24)21-6-15(7-28-22(18)21)23(33)31-20-12-34-11-19(20)27;1-4-26-17-9-15(20(27)24-21(3)11-31(28,29)12-21)10-23-19(17)18(25-26)14-6-5-7-16(8-14)30-13(2)22;1-12(21)29-15-6-4-5-13(7-15)17-18-16(25(3)24-17)8-14(9-22-18)19(26)23-20(2)10-30(27,28)11-20/h3-9,12-14,16H,10-11,15H2,1-2H3,(H,31,33);2-10,13,19-20H,11-12,27H2,1H3,(H,31,33);5-10,13H,4,11-12H2,1-3H3,(H,24,27);4-9,12H,10-11H2,1-3H3,(H,23,26)/t16?,26-;13?,19-,20-;;/m01../s1. The number of hydrogen-bond donors (Lipinski definition) is 5. The summed E-state index contributed by atoms with van der Waals surface area (Å²) in [4.78, 5) is 81.9. The lowest BCUT2D eigenvalue weighted by Crippen LogP contribution is -2.63. The van der Waals surface area contributed by atoms with E-state index in [1.54, 1.807) is 162 Å². The molecular weight excluding hydrogens is 1800 g/mol. The van der Waals surface area contributed by atoms with Crippen LogP contribution in [0, 0.1) is 11.6 Å². The number of aryl methyl sites for hydroxylation is 2. The summed E-state index contributed by atoms with van der Waals surface area (Å²) in [6.07, 6.45) is 5.72. The minimum atomic E-state index is -3.22. The summed E-state index contributed by atoms with van der Waals surface area (Å²) >= 11 is 0. The van der Waals surface area contributed by atoms with Gasteiger partial charge in [-0.3, -0.25) is 52.6 Å². The number of alkyl halides is 4. The third-order valence-electron chi connectivity index (χ3n) is 21.7. The maximum atomic E-state index is 13.6. The molecule has 0 aliphatic carbocycles. The Bertz CT molecular complexity index is 7170. The lowest BCUT2D eigenvalue weighted by Gasteiger charge is -2.38. The zero-order valence-electron chi connectivity index (χ0n) is 72.9. The SMILES string of the molecule is CC(F)Oc1cccc(-c2cn(-c3ccc(F)cc3)c3nc(C(=O)N[C@@]4(C)CCS(=O)(=O)C4)cnc23)c1.CC(F)Oc1cccc(-c2cn(-c3ncc(F)cn3)c3cc(C(=O)N[C@@H]4COC[C@H]4N)cnc23)c1.CC(F)Oc1cccc(-c2nn(C)c3cc(C(=O)NC4(C)CS(=O)(=O)C4)cnc23)c1.CCn1nc(-c2cccc(OC(C)F)c2)c2ncc(C(=O)NC3(C)CS(=O)(=O)C3)cc21. The summed E-state index contributed by atoms with van der Waals surface area (Å²) in [6, 6.07) is 37.7. The zero-order chi connectivity index (χ0) is 95.0. The first kappa shape index (κ1) is 93.8. The highest BCUT2D eigenvalue weighted by atomic mass is 32.2. The molecule has 0 spiro atoms. The molecule has 42 heteroatoms. The van der Waals surface area contributed by atoms with E-state index in [1.165, 1.54) is 64.6 Å². The largest absolute Gasteiger partial charge is 0.461 e. The Kier molecular flexibility index (Phi) is 26.7. The van der Waals surface area contributed by atoms with Crippen molar-refractivity contribution in [2.24, 2.45) is 12.8 Å². The van der Waals surface area contributed by atoms with E-state index in [0.717, 1.165) is 12.4 Å². The maximum absolute atomic E-state index is 13.6. The first-order valence-electron chi connectivity index (χ1n) is 41.8. The maximum Gasteiger partial charge on any atom is 0.272 e.